The van der Waals surface area contributed by atoms with Gasteiger partial charge in [-0.25, -0.2) is 0 Å². The predicted molar refractivity (Wildman–Crippen MR) is 69.4 cm³/mol. The first-order chi connectivity index (χ1) is 8.26. The van der Waals surface area contributed by atoms with Crippen molar-refractivity contribution in [3.63, 3.8) is 0 Å². The zero-order chi connectivity index (χ0) is 12.7. The maximum Gasteiger partial charge on any atom is 0.124 e. The molecule has 5 nitrogen and oxygen atoms in total. The van der Waals surface area contributed by atoms with Crippen LogP contribution in [0.3, 0.4) is 0 Å². The first-order valence-corrected chi connectivity index (χ1v) is 5.69. The van der Waals surface area contributed by atoms with Gasteiger partial charge < -0.3 is 9.64 Å². The molecule has 1 rings (SSSR count). The maximum absolute atomic E-state index is 8.32. The fourth-order valence-corrected chi connectivity index (χ4v) is 1.76. The normalized spacial score (nSPS) is 9.59. The molecule has 0 aliphatic heterocycles. The zero-order valence-electron chi connectivity index (χ0n) is 10.6. The third-order valence-corrected chi connectivity index (χ3v) is 2.70. The Balaban J connectivity index is 3.02. The quantitative estimate of drug-likeness (QED) is 0.430. The summed E-state index contributed by atoms with van der Waals surface area (Å²) in [5.74, 6) is 0.766. The minimum atomic E-state index is 0.318. The number of hydrogen-bond donors (Lipinski definition) is 0. The molecule has 1 aromatic rings. The third kappa shape index (κ3) is 3.29. The Hall–Kier alpha value is -1.87. The summed E-state index contributed by atoms with van der Waals surface area (Å²) in [6, 6.07) is 5.95. The number of rotatable bonds is 6. The molecule has 0 amide bonds. The molecule has 0 saturated heterocycles. The van der Waals surface area contributed by atoms with E-state index in [0.717, 1.165) is 30.1 Å². The van der Waals surface area contributed by atoms with Crippen LogP contribution in [0.1, 0.15) is 19.4 Å². The molecule has 92 valence electrons. The lowest BCUT2D eigenvalue weighted by Gasteiger charge is -2.22. The van der Waals surface area contributed by atoms with Crippen molar-refractivity contribution in [3.05, 3.63) is 34.2 Å². The smallest absolute Gasteiger partial charge is 0.124 e. The molecule has 0 aromatic heterocycles. The Morgan fingerprint density at radius 3 is 2.59 bits per heavy atom. The number of nitrogens with zero attached hydrogens (tertiary/aromatic N) is 4. The highest BCUT2D eigenvalue weighted by Crippen LogP contribution is 2.26. The van der Waals surface area contributed by atoms with E-state index in [2.05, 4.69) is 28.8 Å². The number of methoxy groups -OCH3 is 1. The number of anilines is 1. The minimum Gasteiger partial charge on any atom is -0.496 e. The van der Waals surface area contributed by atoms with Gasteiger partial charge >= 0.3 is 0 Å². The van der Waals surface area contributed by atoms with Crippen LogP contribution in [0.4, 0.5) is 5.69 Å². The molecule has 0 bridgehead atoms. The molecule has 0 fully saturated rings. The van der Waals surface area contributed by atoms with Crippen molar-refractivity contribution in [1.29, 1.82) is 0 Å². The van der Waals surface area contributed by atoms with E-state index >= 15 is 0 Å². The number of hydrogen-bond acceptors (Lipinski definition) is 3. The van der Waals surface area contributed by atoms with Gasteiger partial charge in [0.25, 0.3) is 0 Å². The van der Waals surface area contributed by atoms with Crippen molar-refractivity contribution >= 4 is 5.69 Å². The van der Waals surface area contributed by atoms with Crippen molar-refractivity contribution in [2.45, 2.75) is 20.4 Å². The lowest BCUT2D eigenvalue weighted by Crippen LogP contribution is -2.21. The summed E-state index contributed by atoms with van der Waals surface area (Å²) in [6.45, 7) is 6.45. The second-order valence-electron chi connectivity index (χ2n) is 3.56. The van der Waals surface area contributed by atoms with Crippen LogP contribution < -0.4 is 9.64 Å². The minimum absolute atomic E-state index is 0.318. The van der Waals surface area contributed by atoms with Gasteiger partial charge in [0.2, 0.25) is 0 Å². The van der Waals surface area contributed by atoms with Crippen LogP contribution in [0.2, 0.25) is 0 Å². The van der Waals surface area contributed by atoms with E-state index in [1.165, 1.54) is 0 Å². The Morgan fingerprint density at radius 2 is 2.06 bits per heavy atom. The van der Waals surface area contributed by atoms with E-state index in [0.29, 0.717) is 6.54 Å². The molecule has 1 aromatic carbocycles. The summed E-state index contributed by atoms with van der Waals surface area (Å²) in [4.78, 5) is 4.99. The number of ether oxygens (including phenoxy) is 1. The van der Waals surface area contributed by atoms with Gasteiger partial charge in [-0.15, -0.1) is 0 Å². The summed E-state index contributed by atoms with van der Waals surface area (Å²) in [7, 11) is 1.63. The summed E-state index contributed by atoms with van der Waals surface area (Å²) >= 11 is 0. The molecule has 0 unspecified atom stereocenters. The lowest BCUT2D eigenvalue weighted by atomic mass is 10.1. The average Bonchev–Trinajstić information content (AvgIpc) is 2.38. The molecule has 0 aliphatic rings. The monoisotopic (exact) mass is 234 g/mol. The maximum atomic E-state index is 8.32. The topological polar surface area (TPSA) is 61.2 Å². The number of benzene rings is 1. The zero-order valence-corrected chi connectivity index (χ0v) is 10.6. The average molecular weight is 234 g/mol. The second kappa shape index (κ2) is 6.66. The van der Waals surface area contributed by atoms with E-state index in [-0.39, 0.29) is 0 Å². The van der Waals surface area contributed by atoms with Crippen LogP contribution in [0.15, 0.2) is 23.3 Å². The van der Waals surface area contributed by atoms with Gasteiger partial charge in [0.05, 0.1) is 13.7 Å². The van der Waals surface area contributed by atoms with Gasteiger partial charge in [-0.2, -0.15) is 0 Å². The summed E-state index contributed by atoms with van der Waals surface area (Å²) < 4.78 is 5.31. The second-order valence-corrected chi connectivity index (χ2v) is 3.56. The molecule has 0 atom stereocenters. The molecule has 0 saturated carbocycles. The predicted octanol–water partition coefficient (Wildman–Crippen LogP) is 3.35. The van der Waals surface area contributed by atoms with Crippen LogP contribution in [0, 0.1) is 0 Å². The number of azide groups is 1. The molecule has 0 spiro atoms. The van der Waals surface area contributed by atoms with Crippen molar-refractivity contribution in [1.82, 2.24) is 0 Å². The van der Waals surface area contributed by atoms with E-state index in [9.17, 15) is 0 Å². The van der Waals surface area contributed by atoms with Crippen molar-refractivity contribution in [2.75, 3.05) is 25.1 Å². The fourth-order valence-electron chi connectivity index (χ4n) is 1.76. The van der Waals surface area contributed by atoms with Gasteiger partial charge in [0.1, 0.15) is 5.75 Å². The fraction of sp³-hybridized carbons (Fsp3) is 0.500. The van der Waals surface area contributed by atoms with Gasteiger partial charge in [0.15, 0.2) is 0 Å². The Labute approximate surface area is 102 Å². The third-order valence-electron chi connectivity index (χ3n) is 2.70. The van der Waals surface area contributed by atoms with Gasteiger partial charge in [-0.1, -0.05) is 11.2 Å². The molecule has 0 heterocycles. The Kier molecular flexibility index (Phi) is 5.17. The molecular weight excluding hydrogens is 216 g/mol. The Bertz CT molecular complexity index is 409. The lowest BCUT2D eigenvalue weighted by molar-refractivity contribution is 0.410. The van der Waals surface area contributed by atoms with Crippen LogP contribution in [0.5, 0.6) is 5.75 Å². The highest BCUT2D eigenvalue weighted by atomic mass is 16.5. The van der Waals surface area contributed by atoms with Gasteiger partial charge in [-0.3, -0.25) is 0 Å². The largest absolute Gasteiger partial charge is 0.496 e. The summed E-state index contributed by atoms with van der Waals surface area (Å²) in [6.07, 6.45) is 0. The van der Waals surface area contributed by atoms with E-state index in [1.54, 1.807) is 7.11 Å². The first-order valence-electron chi connectivity index (χ1n) is 5.69. The van der Waals surface area contributed by atoms with Crippen LogP contribution in [-0.2, 0) is 6.54 Å². The van der Waals surface area contributed by atoms with E-state index < -0.39 is 0 Å². The molecule has 0 aliphatic carbocycles. The molecular formula is C12H18N4O. The van der Waals surface area contributed by atoms with Gasteiger partial charge in [-0.05, 0) is 25.4 Å². The molecule has 5 heteroatoms. The first kappa shape index (κ1) is 13.2. The Morgan fingerprint density at radius 1 is 1.35 bits per heavy atom. The molecule has 0 N–H and O–H groups in total. The van der Waals surface area contributed by atoms with Crippen molar-refractivity contribution < 1.29 is 4.74 Å². The molecule has 17 heavy (non-hydrogen) atoms. The standard InChI is InChI=1S/C12H18N4O/c1-4-16(5-2)11-7-6-10(9-14-15-13)12(8-11)17-3/h6-8H,4-5,9H2,1-3H3. The highest BCUT2D eigenvalue weighted by molar-refractivity contribution is 5.53. The SMILES string of the molecule is CCN(CC)c1ccc(CN=[N+]=[N-])c(OC)c1. The van der Waals surface area contributed by atoms with Crippen LogP contribution in [0.25, 0.3) is 10.4 Å². The summed E-state index contributed by atoms with van der Waals surface area (Å²) in [5, 5.41) is 3.55. The molecule has 0 radical (unpaired) electrons. The van der Waals surface area contributed by atoms with E-state index in [1.807, 2.05) is 18.2 Å². The van der Waals surface area contributed by atoms with Crippen LogP contribution >= 0.6 is 0 Å². The van der Waals surface area contributed by atoms with E-state index in [4.69, 9.17) is 10.3 Å². The summed E-state index contributed by atoms with van der Waals surface area (Å²) in [5.41, 5.74) is 10.3. The van der Waals surface area contributed by atoms with Crippen molar-refractivity contribution in [2.24, 2.45) is 5.11 Å². The van der Waals surface area contributed by atoms with Crippen molar-refractivity contribution in [3.8, 4) is 5.75 Å². The highest BCUT2D eigenvalue weighted by Gasteiger charge is 2.07. The van der Waals surface area contributed by atoms with Gasteiger partial charge in [0, 0.05) is 35.3 Å². The van der Waals surface area contributed by atoms with Crippen LogP contribution in [-0.4, -0.2) is 20.2 Å².